The zero-order valence-electron chi connectivity index (χ0n) is 16.6. The number of ether oxygens (including phenoxy) is 2. The quantitative estimate of drug-likeness (QED) is 0.247. The molecule has 0 spiro atoms. The third kappa shape index (κ3) is 11.6. The van der Waals surface area contributed by atoms with Crippen molar-refractivity contribution in [2.45, 2.75) is 79.1 Å². The van der Waals surface area contributed by atoms with Crippen LogP contribution < -0.4 is 0 Å². The van der Waals surface area contributed by atoms with E-state index in [1.807, 2.05) is 4.90 Å². The van der Waals surface area contributed by atoms with Crippen LogP contribution in [-0.4, -0.2) is 43.1 Å². The molecule has 0 heterocycles. The highest BCUT2D eigenvalue weighted by atomic mass is 16.5. The normalized spacial score (nSPS) is 11.3. The average Bonchev–Trinajstić information content (AvgIpc) is 2.59. The van der Waals surface area contributed by atoms with Gasteiger partial charge < -0.3 is 14.4 Å². The molecule has 146 valence electrons. The van der Waals surface area contributed by atoms with Crippen molar-refractivity contribution in [2.24, 2.45) is 0 Å². The maximum atomic E-state index is 12.4. The smallest absolute Gasteiger partial charge is 0.354 e. The van der Waals surface area contributed by atoms with Gasteiger partial charge in [0.05, 0.1) is 19.3 Å². The number of nitrogens with zero attached hydrogens (tertiary/aromatic N) is 1. The van der Waals surface area contributed by atoms with E-state index in [1.165, 1.54) is 31.8 Å². The Morgan fingerprint density at radius 2 is 1.28 bits per heavy atom. The molecule has 0 aliphatic heterocycles. The molecule has 0 fully saturated rings. The van der Waals surface area contributed by atoms with E-state index in [2.05, 4.69) is 13.8 Å². The summed E-state index contributed by atoms with van der Waals surface area (Å²) in [5.74, 6) is -0.931. The Kier molecular flexibility index (Phi) is 15.0. The average molecular weight is 356 g/mol. The lowest BCUT2D eigenvalue weighted by Gasteiger charge is -2.26. The Hall–Kier alpha value is -1.52. The molecular formula is C20H37NO4. The number of carbonyl (C=O) groups excluding carboxylic acids is 2. The van der Waals surface area contributed by atoms with Gasteiger partial charge in [-0.3, -0.25) is 0 Å². The van der Waals surface area contributed by atoms with Gasteiger partial charge in [0.2, 0.25) is 0 Å². The minimum atomic E-state index is -0.488. The Morgan fingerprint density at radius 3 is 1.72 bits per heavy atom. The Balaban J connectivity index is 5.09. The Labute approximate surface area is 153 Å². The fourth-order valence-electron chi connectivity index (χ4n) is 2.59. The van der Waals surface area contributed by atoms with E-state index in [0.717, 1.165) is 38.8 Å². The van der Waals surface area contributed by atoms with E-state index < -0.39 is 11.9 Å². The summed E-state index contributed by atoms with van der Waals surface area (Å²) in [6.45, 7) is 9.97. The molecular weight excluding hydrogens is 318 g/mol. The van der Waals surface area contributed by atoms with Crippen molar-refractivity contribution in [1.29, 1.82) is 0 Å². The van der Waals surface area contributed by atoms with Crippen molar-refractivity contribution in [2.75, 3.05) is 26.3 Å². The van der Waals surface area contributed by atoms with Gasteiger partial charge in [0.25, 0.3) is 0 Å². The number of hydrogen-bond donors (Lipinski definition) is 0. The number of unbranched alkanes of at least 4 members (excludes halogenated alkanes) is 6. The van der Waals surface area contributed by atoms with Crippen molar-refractivity contribution in [3.8, 4) is 0 Å². The first-order valence-corrected chi connectivity index (χ1v) is 9.91. The van der Waals surface area contributed by atoms with Gasteiger partial charge in [0.1, 0.15) is 5.70 Å². The summed E-state index contributed by atoms with van der Waals surface area (Å²) < 4.78 is 10.1. The number of hydrogen-bond acceptors (Lipinski definition) is 5. The topological polar surface area (TPSA) is 55.8 Å². The van der Waals surface area contributed by atoms with Gasteiger partial charge in [-0.2, -0.15) is 0 Å². The highest BCUT2D eigenvalue weighted by Gasteiger charge is 2.20. The van der Waals surface area contributed by atoms with Crippen molar-refractivity contribution in [1.82, 2.24) is 4.90 Å². The Morgan fingerprint density at radius 1 is 0.760 bits per heavy atom. The van der Waals surface area contributed by atoms with Crippen molar-refractivity contribution >= 4 is 11.9 Å². The number of carbonyl (C=O) groups is 2. The van der Waals surface area contributed by atoms with Gasteiger partial charge in [-0.25, -0.2) is 9.59 Å². The van der Waals surface area contributed by atoms with Crippen LogP contribution in [-0.2, 0) is 19.1 Å². The molecule has 0 aliphatic carbocycles. The lowest BCUT2D eigenvalue weighted by Crippen LogP contribution is -2.32. The molecule has 0 aliphatic rings. The molecule has 0 amide bonds. The van der Waals surface area contributed by atoms with Gasteiger partial charge in [-0.1, -0.05) is 52.4 Å². The zero-order chi connectivity index (χ0) is 18.9. The van der Waals surface area contributed by atoms with Crippen LogP contribution in [0.3, 0.4) is 0 Å². The van der Waals surface area contributed by atoms with Crippen LogP contribution in [0.25, 0.3) is 0 Å². The molecule has 0 atom stereocenters. The van der Waals surface area contributed by atoms with E-state index in [1.54, 1.807) is 13.8 Å². The standard InChI is InChI=1S/C20H37NO4/c1-5-9-11-13-15-21(16-14-12-10-6-2)18(20(23)25-8-4)17-19(22)24-7-3/h17H,5-16H2,1-4H3/b18-17+. The molecule has 5 heteroatoms. The van der Waals surface area contributed by atoms with Crippen molar-refractivity contribution in [3.05, 3.63) is 11.8 Å². The molecule has 0 N–H and O–H groups in total. The zero-order valence-corrected chi connectivity index (χ0v) is 16.6. The van der Waals surface area contributed by atoms with Gasteiger partial charge in [-0.05, 0) is 26.7 Å². The fourth-order valence-corrected chi connectivity index (χ4v) is 2.59. The highest BCUT2D eigenvalue weighted by molar-refractivity contribution is 5.95. The van der Waals surface area contributed by atoms with Crippen LogP contribution in [0.4, 0.5) is 0 Å². The largest absolute Gasteiger partial charge is 0.463 e. The summed E-state index contributed by atoms with van der Waals surface area (Å²) in [6.07, 6.45) is 10.2. The second-order valence-corrected chi connectivity index (χ2v) is 6.11. The Bertz CT molecular complexity index is 381. The van der Waals surface area contributed by atoms with Crippen LogP contribution in [0, 0.1) is 0 Å². The summed E-state index contributed by atoms with van der Waals surface area (Å²) >= 11 is 0. The molecule has 0 unspecified atom stereocenters. The lowest BCUT2D eigenvalue weighted by atomic mass is 10.1. The summed E-state index contributed by atoms with van der Waals surface area (Å²) in [4.78, 5) is 26.2. The first-order valence-electron chi connectivity index (χ1n) is 9.91. The second-order valence-electron chi connectivity index (χ2n) is 6.11. The first kappa shape index (κ1) is 23.5. The fraction of sp³-hybridized carbons (Fsp3) is 0.800. The van der Waals surface area contributed by atoms with Crippen LogP contribution in [0.5, 0.6) is 0 Å². The van der Waals surface area contributed by atoms with Crippen LogP contribution in [0.2, 0.25) is 0 Å². The van der Waals surface area contributed by atoms with Crippen LogP contribution >= 0.6 is 0 Å². The third-order valence-corrected chi connectivity index (χ3v) is 3.93. The summed E-state index contributed by atoms with van der Waals surface area (Å²) in [5, 5.41) is 0. The van der Waals surface area contributed by atoms with Gasteiger partial charge in [0.15, 0.2) is 0 Å². The van der Waals surface area contributed by atoms with Gasteiger partial charge in [-0.15, -0.1) is 0 Å². The monoisotopic (exact) mass is 355 g/mol. The van der Waals surface area contributed by atoms with Gasteiger partial charge in [0, 0.05) is 13.1 Å². The van der Waals surface area contributed by atoms with E-state index in [-0.39, 0.29) is 0 Å². The minimum absolute atomic E-state index is 0.290. The lowest BCUT2D eigenvalue weighted by molar-refractivity contribution is -0.142. The molecule has 0 aromatic rings. The van der Waals surface area contributed by atoms with Crippen LogP contribution in [0.15, 0.2) is 11.8 Å². The molecule has 0 radical (unpaired) electrons. The second kappa shape index (κ2) is 16.0. The first-order chi connectivity index (χ1) is 12.1. The minimum Gasteiger partial charge on any atom is -0.463 e. The van der Waals surface area contributed by atoms with Crippen LogP contribution in [0.1, 0.15) is 79.1 Å². The molecule has 5 nitrogen and oxygen atoms in total. The molecule has 0 rings (SSSR count). The highest BCUT2D eigenvalue weighted by Crippen LogP contribution is 2.13. The molecule has 0 bridgehead atoms. The number of esters is 2. The summed E-state index contributed by atoms with van der Waals surface area (Å²) in [5.41, 5.74) is 0.327. The predicted molar refractivity (Wildman–Crippen MR) is 101 cm³/mol. The predicted octanol–water partition coefficient (Wildman–Crippen LogP) is 4.46. The van der Waals surface area contributed by atoms with Crippen molar-refractivity contribution in [3.63, 3.8) is 0 Å². The van der Waals surface area contributed by atoms with E-state index in [0.29, 0.717) is 18.9 Å². The molecule has 0 aromatic heterocycles. The summed E-state index contributed by atoms with van der Waals surface area (Å²) in [7, 11) is 0. The summed E-state index contributed by atoms with van der Waals surface area (Å²) in [6, 6.07) is 0. The SMILES string of the molecule is CCCCCCN(CCCCCC)/C(=C/C(=O)OCC)C(=O)OCC. The molecule has 0 saturated carbocycles. The van der Waals surface area contributed by atoms with E-state index in [9.17, 15) is 9.59 Å². The molecule has 0 aromatic carbocycles. The van der Waals surface area contributed by atoms with Gasteiger partial charge >= 0.3 is 11.9 Å². The number of rotatable bonds is 15. The van der Waals surface area contributed by atoms with E-state index >= 15 is 0 Å². The molecule has 25 heavy (non-hydrogen) atoms. The van der Waals surface area contributed by atoms with Crippen molar-refractivity contribution < 1.29 is 19.1 Å². The maximum absolute atomic E-state index is 12.4. The van der Waals surface area contributed by atoms with E-state index in [4.69, 9.17) is 9.47 Å². The molecule has 0 saturated heterocycles. The third-order valence-electron chi connectivity index (χ3n) is 3.93. The maximum Gasteiger partial charge on any atom is 0.354 e.